The highest BCUT2D eigenvalue weighted by molar-refractivity contribution is 6.32. The van der Waals surface area contributed by atoms with Gasteiger partial charge < -0.3 is 4.74 Å². The summed E-state index contributed by atoms with van der Waals surface area (Å²) >= 11 is 5.89. The number of hydrogen-bond donors (Lipinski definition) is 1. The number of H-pyrrole nitrogens is 1. The molecule has 1 aromatic heterocycles. The quantitative estimate of drug-likeness (QED) is 0.885. The molecule has 0 fully saturated rings. The summed E-state index contributed by atoms with van der Waals surface area (Å²) in [6.45, 7) is 0.225. The Labute approximate surface area is 107 Å². The number of nitrogens with one attached hydrogen (secondary N) is 1. The Morgan fingerprint density at radius 3 is 2.89 bits per heavy atom. The Morgan fingerprint density at radius 1 is 1.44 bits per heavy atom. The molecular formula is C11H10ClN3O3. The van der Waals surface area contributed by atoms with Crippen LogP contribution in [-0.4, -0.2) is 21.9 Å². The Hall–Kier alpha value is -2.08. The van der Waals surface area contributed by atoms with Crippen molar-refractivity contribution in [3.05, 3.63) is 55.8 Å². The average molecular weight is 268 g/mol. The first kappa shape index (κ1) is 12.4. The first-order chi connectivity index (χ1) is 8.60. The molecule has 2 rings (SSSR count). The normalized spacial score (nSPS) is 10.3. The number of hydrogen-bond acceptors (Lipinski definition) is 4. The van der Waals surface area contributed by atoms with E-state index in [4.69, 9.17) is 16.3 Å². The summed E-state index contributed by atoms with van der Waals surface area (Å²) in [5, 5.41) is 4.23. The molecule has 0 saturated carbocycles. The van der Waals surface area contributed by atoms with Gasteiger partial charge in [0, 0.05) is 0 Å². The molecule has 0 radical (unpaired) electrons. The van der Waals surface area contributed by atoms with Crippen molar-refractivity contribution in [1.82, 2.24) is 14.8 Å². The number of methoxy groups -OCH3 is 1. The molecule has 7 heteroatoms. The lowest BCUT2D eigenvalue weighted by atomic mass is 10.2. The van der Waals surface area contributed by atoms with Gasteiger partial charge in [-0.25, -0.2) is 9.48 Å². The van der Waals surface area contributed by atoms with E-state index >= 15 is 0 Å². The molecule has 0 spiro atoms. The Balaban J connectivity index is 2.34. The maximum absolute atomic E-state index is 11.5. The van der Waals surface area contributed by atoms with Crippen LogP contribution in [0, 0.1) is 0 Å². The number of benzene rings is 1. The number of nitrogens with zero attached hydrogens (tertiary/aromatic N) is 2. The van der Waals surface area contributed by atoms with Crippen molar-refractivity contribution in [3.8, 4) is 5.75 Å². The van der Waals surface area contributed by atoms with Crippen LogP contribution in [0.25, 0.3) is 0 Å². The van der Waals surface area contributed by atoms with E-state index in [2.05, 4.69) is 10.1 Å². The molecule has 0 aliphatic rings. The highest BCUT2D eigenvalue weighted by atomic mass is 35.5. The minimum atomic E-state index is -0.559. The molecule has 0 bridgehead atoms. The van der Waals surface area contributed by atoms with Crippen LogP contribution in [0.3, 0.4) is 0 Å². The van der Waals surface area contributed by atoms with Crippen LogP contribution >= 0.6 is 11.6 Å². The average Bonchev–Trinajstić information content (AvgIpc) is 2.35. The molecular weight excluding hydrogens is 258 g/mol. The second-order valence-electron chi connectivity index (χ2n) is 3.57. The standard InChI is InChI=1S/C11H10ClN3O3/c1-18-9-4-7(2-3-8(9)12)6-15-11(17)14-10(16)5-13-15/h2-5H,6H2,1H3,(H,14,16,17). The first-order valence-electron chi connectivity index (χ1n) is 5.09. The highest BCUT2D eigenvalue weighted by Crippen LogP contribution is 2.24. The lowest BCUT2D eigenvalue weighted by Crippen LogP contribution is -2.31. The van der Waals surface area contributed by atoms with Gasteiger partial charge in [0.15, 0.2) is 0 Å². The summed E-state index contributed by atoms with van der Waals surface area (Å²) in [5.74, 6) is 0.520. The maximum atomic E-state index is 11.5. The topological polar surface area (TPSA) is 77.0 Å². The van der Waals surface area contributed by atoms with Gasteiger partial charge in [-0.3, -0.25) is 9.78 Å². The van der Waals surface area contributed by atoms with Crippen molar-refractivity contribution in [2.75, 3.05) is 7.11 Å². The smallest absolute Gasteiger partial charge is 0.345 e. The van der Waals surface area contributed by atoms with E-state index in [1.54, 1.807) is 18.2 Å². The second-order valence-corrected chi connectivity index (χ2v) is 3.97. The largest absolute Gasteiger partial charge is 0.495 e. The molecule has 0 aliphatic heterocycles. The van der Waals surface area contributed by atoms with E-state index in [0.29, 0.717) is 10.8 Å². The second kappa shape index (κ2) is 5.05. The molecule has 2 aromatic rings. The molecule has 1 aromatic carbocycles. The third kappa shape index (κ3) is 2.60. The molecule has 0 amide bonds. The Morgan fingerprint density at radius 2 is 2.22 bits per heavy atom. The predicted octanol–water partition coefficient (Wildman–Crippen LogP) is 0.642. The van der Waals surface area contributed by atoms with Crippen LogP contribution in [0.4, 0.5) is 0 Å². The third-order valence-electron chi connectivity index (χ3n) is 2.33. The zero-order valence-electron chi connectivity index (χ0n) is 9.51. The SMILES string of the molecule is COc1cc(Cn2ncc(=O)[nH]c2=O)ccc1Cl. The van der Waals surface area contributed by atoms with Crippen molar-refractivity contribution in [2.45, 2.75) is 6.54 Å². The fourth-order valence-corrected chi connectivity index (χ4v) is 1.66. The molecule has 1 heterocycles. The van der Waals surface area contributed by atoms with Gasteiger partial charge in [0.05, 0.1) is 18.7 Å². The van der Waals surface area contributed by atoms with Crippen molar-refractivity contribution >= 4 is 11.6 Å². The first-order valence-corrected chi connectivity index (χ1v) is 5.47. The number of rotatable bonds is 3. The number of aromatic nitrogens is 3. The molecule has 6 nitrogen and oxygen atoms in total. The lowest BCUT2D eigenvalue weighted by molar-refractivity contribution is 0.414. The van der Waals surface area contributed by atoms with E-state index in [1.807, 2.05) is 0 Å². The number of ether oxygens (including phenoxy) is 1. The fourth-order valence-electron chi connectivity index (χ4n) is 1.46. The van der Waals surface area contributed by atoms with E-state index in [1.165, 1.54) is 7.11 Å². The molecule has 0 unspecified atom stereocenters. The van der Waals surface area contributed by atoms with Crippen LogP contribution in [0.5, 0.6) is 5.75 Å². The predicted molar refractivity (Wildman–Crippen MR) is 66.2 cm³/mol. The molecule has 0 saturated heterocycles. The summed E-state index contributed by atoms with van der Waals surface area (Å²) in [4.78, 5) is 24.5. The molecule has 1 N–H and O–H groups in total. The zero-order valence-corrected chi connectivity index (χ0v) is 10.3. The lowest BCUT2D eigenvalue weighted by Gasteiger charge is -2.07. The van der Waals surface area contributed by atoms with Gasteiger partial charge in [-0.05, 0) is 17.7 Å². The minimum Gasteiger partial charge on any atom is -0.495 e. The van der Waals surface area contributed by atoms with Crippen molar-refractivity contribution in [1.29, 1.82) is 0 Å². The fraction of sp³-hybridized carbons (Fsp3) is 0.182. The monoisotopic (exact) mass is 267 g/mol. The van der Waals surface area contributed by atoms with E-state index in [9.17, 15) is 9.59 Å². The van der Waals surface area contributed by atoms with Gasteiger partial charge in [0.2, 0.25) is 0 Å². The molecule has 0 aliphatic carbocycles. The Kier molecular flexibility index (Phi) is 3.47. The van der Waals surface area contributed by atoms with E-state index < -0.39 is 11.2 Å². The van der Waals surface area contributed by atoms with Crippen LogP contribution in [-0.2, 0) is 6.54 Å². The summed E-state index contributed by atoms with van der Waals surface area (Å²) in [6, 6.07) is 5.14. The summed E-state index contributed by atoms with van der Waals surface area (Å²) in [5.41, 5.74) is -0.292. The third-order valence-corrected chi connectivity index (χ3v) is 2.64. The van der Waals surface area contributed by atoms with Gasteiger partial charge in [0.1, 0.15) is 11.9 Å². The van der Waals surface area contributed by atoms with E-state index in [-0.39, 0.29) is 6.54 Å². The maximum Gasteiger partial charge on any atom is 0.345 e. The summed E-state index contributed by atoms with van der Waals surface area (Å²) in [6.07, 6.45) is 1.05. The zero-order chi connectivity index (χ0) is 13.1. The van der Waals surface area contributed by atoms with Gasteiger partial charge in [-0.2, -0.15) is 5.10 Å². The van der Waals surface area contributed by atoms with Crippen LogP contribution < -0.4 is 16.0 Å². The van der Waals surface area contributed by atoms with Gasteiger partial charge >= 0.3 is 5.69 Å². The van der Waals surface area contributed by atoms with Gasteiger partial charge in [-0.1, -0.05) is 17.7 Å². The number of halogens is 1. The van der Waals surface area contributed by atoms with Crippen LogP contribution in [0.15, 0.2) is 34.0 Å². The number of aromatic amines is 1. The Bertz CT molecular complexity index is 678. The van der Waals surface area contributed by atoms with Crippen molar-refractivity contribution < 1.29 is 4.74 Å². The highest BCUT2D eigenvalue weighted by Gasteiger charge is 2.04. The van der Waals surface area contributed by atoms with Crippen molar-refractivity contribution in [3.63, 3.8) is 0 Å². The van der Waals surface area contributed by atoms with Gasteiger partial charge in [0.25, 0.3) is 5.56 Å². The summed E-state index contributed by atoms with van der Waals surface area (Å²) < 4.78 is 6.22. The van der Waals surface area contributed by atoms with Crippen LogP contribution in [0.2, 0.25) is 5.02 Å². The minimum absolute atomic E-state index is 0.225. The van der Waals surface area contributed by atoms with Crippen molar-refractivity contribution in [2.24, 2.45) is 0 Å². The molecule has 94 valence electrons. The van der Waals surface area contributed by atoms with Gasteiger partial charge in [-0.15, -0.1) is 0 Å². The molecule has 18 heavy (non-hydrogen) atoms. The van der Waals surface area contributed by atoms with E-state index in [0.717, 1.165) is 16.4 Å². The summed E-state index contributed by atoms with van der Waals surface area (Å²) in [7, 11) is 1.51. The van der Waals surface area contributed by atoms with Crippen LogP contribution in [0.1, 0.15) is 5.56 Å². The molecule has 0 atom stereocenters.